The van der Waals surface area contributed by atoms with Crippen molar-refractivity contribution >= 4 is 16.6 Å². The number of aryl methyl sites for hydroxylation is 3. The zero-order valence-corrected chi connectivity index (χ0v) is 15.1. The summed E-state index contributed by atoms with van der Waals surface area (Å²) in [7, 11) is 0. The largest absolute Gasteiger partial charge is 0.289 e. The van der Waals surface area contributed by atoms with E-state index < -0.39 is 6.85 Å². The van der Waals surface area contributed by atoms with Crippen LogP contribution in [0.25, 0.3) is 33.2 Å². The zero-order chi connectivity index (χ0) is 21.2. The first-order valence-corrected chi connectivity index (χ1v) is 8.93. The molecule has 4 aromatic rings. The van der Waals surface area contributed by atoms with Crippen molar-refractivity contribution in [3.63, 3.8) is 0 Å². The molecule has 0 amide bonds. The Morgan fingerprint density at radius 3 is 2.44 bits per heavy atom. The van der Waals surface area contributed by atoms with Gasteiger partial charge in [-0.25, -0.2) is 0 Å². The third-order valence-electron chi connectivity index (χ3n) is 5.21. The summed E-state index contributed by atoms with van der Waals surface area (Å²) in [6.07, 6.45) is 1.71. The van der Waals surface area contributed by atoms with Crippen LogP contribution in [0.15, 0.2) is 60.8 Å². The minimum absolute atomic E-state index is 0.0421. The molecular formula is C25H19NO. The van der Waals surface area contributed by atoms with E-state index in [1.807, 2.05) is 56.3 Å². The second kappa shape index (κ2) is 5.62. The lowest BCUT2D eigenvalue weighted by molar-refractivity contribution is 0.104. The van der Waals surface area contributed by atoms with Crippen LogP contribution < -0.4 is 0 Å². The van der Waals surface area contributed by atoms with Gasteiger partial charge in [0.2, 0.25) is 0 Å². The number of benzene rings is 3. The van der Waals surface area contributed by atoms with E-state index in [-0.39, 0.29) is 5.78 Å². The number of fused-ring (bicyclic) bond motifs is 4. The number of ketones is 1. The summed E-state index contributed by atoms with van der Waals surface area (Å²) in [4.78, 5) is 17.5. The van der Waals surface area contributed by atoms with Crippen molar-refractivity contribution in [3.05, 3.63) is 88.6 Å². The molecule has 0 fully saturated rings. The molecule has 27 heavy (non-hydrogen) atoms. The van der Waals surface area contributed by atoms with Gasteiger partial charge in [0.15, 0.2) is 5.78 Å². The maximum Gasteiger partial charge on any atom is 0.194 e. The standard InChI is InChI=1S/C25H19NO/c1-14-4-5-19-21(11-14)22-13-20-17(12-23(22)25(19)27)6-7-26-24(20)18-9-15(2)8-16(3)10-18/h4-13H,1-3H3/i2D3. The molecule has 2 heteroatoms. The van der Waals surface area contributed by atoms with E-state index in [4.69, 9.17) is 4.11 Å². The second-order valence-electron chi connectivity index (χ2n) is 7.24. The summed E-state index contributed by atoms with van der Waals surface area (Å²) in [6.45, 7) is 1.72. The van der Waals surface area contributed by atoms with E-state index in [0.717, 1.165) is 49.8 Å². The Hall–Kier alpha value is -3.26. The van der Waals surface area contributed by atoms with Gasteiger partial charge < -0.3 is 0 Å². The topological polar surface area (TPSA) is 30.0 Å². The molecule has 1 aromatic heterocycles. The Morgan fingerprint density at radius 1 is 0.778 bits per heavy atom. The average Bonchev–Trinajstić information content (AvgIpc) is 2.96. The lowest BCUT2D eigenvalue weighted by Crippen LogP contribution is -1.95. The molecule has 1 aliphatic rings. The van der Waals surface area contributed by atoms with Crippen molar-refractivity contribution in [3.8, 4) is 22.4 Å². The Labute approximate surface area is 162 Å². The van der Waals surface area contributed by atoms with Gasteiger partial charge in [0.05, 0.1) is 5.69 Å². The van der Waals surface area contributed by atoms with Gasteiger partial charge in [0.1, 0.15) is 0 Å². The molecule has 0 unspecified atom stereocenters. The average molecular weight is 352 g/mol. The van der Waals surface area contributed by atoms with E-state index in [2.05, 4.69) is 4.98 Å². The third-order valence-corrected chi connectivity index (χ3v) is 5.21. The van der Waals surface area contributed by atoms with Crippen molar-refractivity contribution in [1.82, 2.24) is 4.98 Å². The fourth-order valence-corrected chi connectivity index (χ4v) is 4.01. The zero-order valence-electron chi connectivity index (χ0n) is 18.1. The lowest BCUT2D eigenvalue weighted by Gasteiger charge is -2.10. The summed E-state index contributed by atoms with van der Waals surface area (Å²) in [5.41, 5.74) is 7.03. The maximum atomic E-state index is 12.9. The molecule has 0 radical (unpaired) electrons. The number of carbonyl (C=O) groups is 1. The first kappa shape index (κ1) is 13.0. The Kier molecular flexibility index (Phi) is 2.70. The Morgan fingerprint density at radius 2 is 1.59 bits per heavy atom. The highest BCUT2D eigenvalue weighted by Gasteiger charge is 2.27. The number of carbonyl (C=O) groups excluding carboxylic acids is 1. The summed E-state index contributed by atoms with van der Waals surface area (Å²) >= 11 is 0. The number of nitrogens with zero attached hydrogens (tertiary/aromatic N) is 1. The predicted molar refractivity (Wildman–Crippen MR) is 110 cm³/mol. The lowest BCUT2D eigenvalue weighted by atomic mass is 9.96. The minimum Gasteiger partial charge on any atom is -0.289 e. The van der Waals surface area contributed by atoms with Crippen LogP contribution in [0.5, 0.6) is 0 Å². The van der Waals surface area contributed by atoms with Crippen molar-refractivity contribution in [2.24, 2.45) is 0 Å². The molecule has 0 atom stereocenters. The van der Waals surface area contributed by atoms with Crippen LogP contribution in [0.2, 0.25) is 0 Å². The van der Waals surface area contributed by atoms with Gasteiger partial charge in [-0.3, -0.25) is 9.78 Å². The highest BCUT2D eigenvalue weighted by atomic mass is 16.1. The number of rotatable bonds is 1. The Bertz CT molecular complexity index is 1370. The van der Waals surface area contributed by atoms with Gasteiger partial charge in [-0.2, -0.15) is 0 Å². The summed E-state index contributed by atoms with van der Waals surface area (Å²) in [5, 5.41) is 1.81. The normalized spacial score (nSPS) is 14.4. The van der Waals surface area contributed by atoms with Crippen molar-refractivity contribution in [2.45, 2.75) is 20.7 Å². The monoisotopic (exact) mass is 352 g/mol. The first-order valence-electron chi connectivity index (χ1n) is 10.4. The number of hydrogen-bond donors (Lipinski definition) is 0. The fourth-order valence-electron chi connectivity index (χ4n) is 4.01. The molecule has 0 bridgehead atoms. The molecule has 0 saturated heterocycles. The highest BCUT2D eigenvalue weighted by molar-refractivity contribution is 6.23. The van der Waals surface area contributed by atoms with Crippen LogP contribution >= 0.6 is 0 Å². The van der Waals surface area contributed by atoms with Crippen molar-refractivity contribution < 1.29 is 8.91 Å². The van der Waals surface area contributed by atoms with Crippen LogP contribution in [0.4, 0.5) is 0 Å². The van der Waals surface area contributed by atoms with E-state index >= 15 is 0 Å². The maximum absolute atomic E-state index is 12.9. The smallest absolute Gasteiger partial charge is 0.194 e. The predicted octanol–water partition coefficient (Wildman–Crippen LogP) is 6.04. The van der Waals surface area contributed by atoms with Gasteiger partial charge in [-0.15, -0.1) is 0 Å². The molecule has 1 aliphatic carbocycles. The molecule has 0 spiro atoms. The van der Waals surface area contributed by atoms with Crippen LogP contribution in [0, 0.1) is 20.7 Å². The molecule has 1 heterocycles. The SMILES string of the molecule is [2H]C([2H])([2H])c1cc(C)cc(-c2nccc3cc4c(cc23)-c2cc(C)ccc2C4=O)c1. The molecule has 2 nitrogen and oxygen atoms in total. The summed E-state index contributed by atoms with van der Waals surface area (Å²) < 4.78 is 23.4. The van der Waals surface area contributed by atoms with E-state index in [0.29, 0.717) is 11.1 Å². The number of hydrogen-bond acceptors (Lipinski definition) is 2. The van der Waals surface area contributed by atoms with Gasteiger partial charge >= 0.3 is 0 Å². The molecule has 3 aromatic carbocycles. The fraction of sp³-hybridized carbons (Fsp3) is 0.120. The van der Waals surface area contributed by atoms with Gasteiger partial charge in [0, 0.05) is 32.4 Å². The van der Waals surface area contributed by atoms with Crippen LogP contribution in [0.3, 0.4) is 0 Å². The van der Waals surface area contributed by atoms with Crippen LogP contribution in [0.1, 0.15) is 36.7 Å². The van der Waals surface area contributed by atoms with Crippen LogP contribution in [-0.4, -0.2) is 10.8 Å². The van der Waals surface area contributed by atoms with Gasteiger partial charge in [-0.05, 0) is 67.5 Å². The van der Waals surface area contributed by atoms with Crippen LogP contribution in [-0.2, 0) is 0 Å². The molecule has 5 rings (SSSR count). The van der Waals surface area contributed by atoms with Gasteiger partial charge in [0.25, 0.3) is 0 Å². The van der Waals surface area contributed by atoms with E-state index in [1.54, 1.807) is 18.3 Å². The van der Waals surface area contributed by atoms with Gasteiger partial charge in [-0.1, -0.05) is 41.0 Å². The number of aromatic nitrogens is 1. The third kappa shape index (κ3) is 2.41. The molecule has 0 aliphatic heterocycles. The van der Waals surface area contributed by atoms with Crippen molar-refractivity contribution in [1.29, 1.82) is 0 Å². The molecule has 130 valence electrons. The molecule has 0 saturated carbocycles. The van der Waals surface area contributed by atoms with E-state index in [1.165, 1.54) is 0 Å². The highest BCUT2D eigenvalue weighted by Crippen LogP contribution is 2.41. The van der Waals surface area contributed by atoms with E-state index in [9.17, 15) is 4.79 Å². The Balaban J connectivity index is 1.79. The quantitative estimate of drug-likeness (QED) is 0.368. The summed E-state index contributed by atoms with van der Waals surface area (Å²) in [5.74, 6) is 0.0421. The first-order chi connectivity index (χ1) is 14.2. The molecule has 0 N–H and O–H groups in total. The molecular weight excluding hydrogens is 330 g/mol. The van der Waals surface area contributed by atoms with Crippen molar-refractivity contribution in [2.75, 3.05) is 0 Å². The second-order valence-corrected chi connectivity index (χ2v) is 7.24. The minimum atomic E-state index is -2.19. The number of pyridine rings is 1. The summed E-state index contributed by atoms with van der Waals surface area (Å²) in [6, 6.07) is 17.1.